The third-order valence-corrected chi connectivity index (χ3v) is 3.80. The van der Waals surface area contributed by atoms with E-state index in [9.17, 15) is 14.0 Å². The molecule has 3 aromatic rings. The molecule has 0 saturated carbocycles. The lowest BCUT2D eigenvalue weighted by Crippen LogP contribution is -2.42. The van der Waals surface area contributed by atoms with Gasteiger partial charge in [-0.05, 0) is 30.7 Å². The lowest BCUT2D eigenvalue weighted by molar-refractivity contribution is -0.142. The Morgan fingerprint density at radius 3 is 2.88 bits per heavy atom. The van der Waals surface area contributed by atoms with Crippen molar-refractivity contribution in [3.8, 4) is 0 Å². The summed E-state index contributed by atoms with van der Waals surface area (Å²) in [6.07, 6.45) is 1.85. The number of hydrogen-bond acceptors (Lipinski definition) is 5. The molecule has 2 N–H and O–H groups in total. The molecule has 2 heterocycles. The predicted octanol–water partition coefficient (Wildman–Crippen LogP) is 2.12. The van der Waals surface area contributed by atoms with Crippen LogP contribution in [0.4, 0.5) is 4.39 Å². The largest absolute Gasteiger partial charge is 0.467 e. The average molecular weight is 345 g/mol. The van der Waals surface area contributed by atoms with E-state index in [1.54, 1.807) is 19.2 Å². The molecule has 0 aliphatic rings. The van der Waals surface area contributed by atoms with E-state index in [4.69, 9.17) is 9.26 Å². The molecule has 8 heteroatoms. The normalized spacial score (nSPS) is 12.1. The minimum absolute atomic E-state index is 0.00685. The lowest BCUT2D eigenvalue weighted by atomic mass is 10.0. The SMILES string of the molecule is COC(=O)[C@@H](Cc1c[nH]c2cc(F)ccc12)NC(=O)c1cc(C)no1. The topological polar surface area (TPSA) is 97.2 Å². The first kappa shape index (κ1) is 16.7. The molecule has 7 nitrogen and oxygen atoms in total. The van der Waals surface area contributed by atoms with Crippen molar-refractivity contribution in [2.45, 2.75) is 19.4 Å². The molecule has 0 unspecified atom stereocenters. The fourth-order valence-electron chi connectivity index (χ4n) is 2.58. The van der Waals surface area contributed by atoms with Gasteiger partial charge >= 0.3 is 5.97 Å². The van der Waals surface area contributed by atoms with E-state index in [-0.39, 0.29) is 18.0 Å². The van der Waals surface area contributed by atoms with Gasteiger partial charge in [-0.15, -0.1) is 0 Å². The van der Waals surface area contributed by atoms with E-state index >= 15 is 0 Å². The Kier molecular flexibility index (Phi) is 4.51. The summed E-state index contributed by atoms with van der Waals surface area (Å²) in [6, 6.07) is 4.86. The zero-order valence-electron chi connectivity index (χ0n) is 13.6. The summed E-state index contributed by atoms with van der Waals surface area (Å²) >= 11 is 0. The van der Waals surface area contributed by atoms with Gasteiger partial charge in [0.05, 0.1) is 12.8 Å². The number of halogens is 1. The number of rotatable bonds is 5. The second kappa shape index (κ2) is 6.76. The Balaban J connectivity index is 1.83. The molecule has 1 atom stereocenters. The molecule has 0 radical (unpaired) electrons. The van der Waals surface area contributed by atoms with Crippen LogP contribution in [0.2, 0.25) is 0 Å². The Morgan fingerprint density at radius 1 is 1.40 bits per heavy atom. The molecule has 0 aliphatic heterocycles. The molecule has 3 rings (SSSR count). The third-order valence-electron chi connectivity index (χ3n) is 3.80. The number of nitrogens with one attached hydrogen (secondary N) is 2. The Hall–Kier alpha value is -3.16. The summed E-state index contributed by atoms with van der Waals surface area (Å²) in [4.78, 5) is 27.2. The summed E-state index contributed by atoms with van der Waals surface area (Å²) in [7, 11) is 1.24. The van der Waals surface area contributed by atoms with Crippen LogP contribution in [0.25, 0.3) is 10.9 Å². The van der Waals surface area contributed by atoms with Crippen LogP contribution in [0.15, 0.2) is 35.0 Å². The molecule has 2 aromatic heterocycles. The van der Waals surface area contributed by atoms with Gasteiger partial charge in [0.25, 0.3) is 5.91 Å². The van der Waals surface area contributed by atoms with Crippen molar-refractivity contribution in [3.05, 3.63) is 53.3 Å². The Labute approximate surface area is 142 Å². The van der Waals surface area contributed by atoms with Gasteiger partial charge < -0.3 is 19.6 Å². The van der Waals surface area contributed by atoms with E-state index in [0.717, 1.165) is 10.9 Å². The van der Waals surface area contributed by atoms with Crippen LogP contribution in [0, 0.1) is 12.7 Å². The van der Waals surface area contributed by atoms with Crippen molar-refractivity contribution >= 4 is 22.8 Å². The summed E-state index contributed by atoms with van der Waals surface area (Å²) in [5.41, 5.74) is 1.91. The maximum atomic E-state index is 13.3. The highest BCUT2D eigenvalue weighted by molar-refractivity contribution is 5.95. The molecular formula is C17H16FN3O4. The van der Waals surface area contributed by atoms with Crippen LogP contribution in [0.5, 0.6) is 0 Å². The van der Waals surface area contributed by atoms with Crippen LogP contribution >= 0.6 is 0 Å². The molecule has 25 heavy (non-hydrogen) atoms. The monoisotopic (exact) mass is 345 g/mol. The van der Waals surface area contributed by atoms with Gasteiger partial charge in [0.15, 0.2) is 0 Å². The van der Waals surface area contributed by atoms with Gasteiger partial charge in [0.1, 0.15) is 11.9 Å². The molecule has 0 spiro atoms. The Morgan fingerprint density at radius 2 is 2.20 bits per heavy atom. The number of methoxy groups -OCH3 is 1. The number of H-pyrrole nitrogens is 1. The van der Waals surface area contributed by atoms with Crippen molar-refractivity contribution in [2.24, 2.45) is 0 Å². The molecule has 0 fully saturated rings. The maximum Gasteiger partial charge on any atom is 0.328 e. The van der Waals surface area contributed by atoms with Crippen LogP contribution in [-0.2, 0) is 16.0 Å². The standard InChI is InChI=1S/C17H16FN3O4/c1-9-5-15(25-21-9)16(22)20-14(17(23)24-2)6-10-8-19-13-7-11(18)3-4-12(10)13/h3-5,7-8,14,19H,6H2,1-2H3,(H,20,22)/t14-/m1/s1. The van der Waals surface area contributed by atoms with Crippen LogP contribution in [-0.4, -0.2) is 35.2 Å². The zero-order chi connectivity index (χ0) is 18.0. The molecule has 0 aliphatic carbocycles. The lowest BCUT2D eigenvalue weighted by Gasteiger charge is -2.15. The van der Waals surface area contributed by atoms with Crippen molar-refractivity contribution < 1.29 is 23.2 Å². The number of ether oxygens (including phenoxy) is 1. The first-order chi connectivity index (χ1) is 12.0. The highest BCUT2D eigenvalue weighted by atomic mass is 19.1. The number of aromatic nitrogens is 2. The number of hydrogen-bond donors (Lipinski definition) is 2. The molecule has 1 aromatic carbocycles. The second-order valence-corrected chi connectivity index (χ2v) is 5.59. The number of carbonyl (C=O) groups is 2. The predicted molar refractivity (Wildman–Crippen MR) is 86.5 cm³/mol. The molecule has 1 amide bonds. The molecular weight excluding hydrogens is 329 g/mol. The molecule has 0 bridgehead atoms. The first-order valence-corrected chi connectivity index (χ1v) is 7.55. The number of amides is 1. The number of aryl methyl sites for hydroxylation is 1. The number of aromatic amines is 1. The molecule has 130 valence electrons. The number of esters is 1. The van der Waals surface area contributed by atoms with Crippen LogP contribution < -0.4 is 5.32 Å². The quantitative estimate of drug-likeness (QED) is 0.690. The summed E-state index contributed by atoms with van der Waals surface area (Å²) in [6.45, 7) is 1.68. The van der Waals surface area contributed by atoms with Crippen LogP contribution in [0.3, 0.4) is 0 Å². The first-order valence-electron chi connectivity index (χ1n) is 7.55. The average Bonchev–Trinajstić information content (AvgIpc) is 3.19. The van der Waals surface area contributed by atoms with E-state index in [2.05, 4.69) is 15.5 Å². The minimum atomic E-state index is -0.924. The number of nitrogens with zero attached hydrogens (tertiary/aromatic N) is 1. The van der Waals surface area contributed by atoms with Gasteiger partial charge in [0, 0.05) is 29.6 Å². The number of carbonyl (C=O) groups excluding carboxylic acids is 2. The summed E-state index contributed by atoms with van der Waals surface area (Å²) < 4.78 is 22.9. The van der Waals surface area contributed by atoms with Gasteiger partial charge in [-0.2, -0.15) is 0 Å². The van der Waals surface area contributed by atoms with E-state index in [1.807, 2.05) is 0 Å². The van der Waals surface area contributed by atoms with Crippen molar-refractivity contribution in [2.75, 3.05) is 7.11 Å². The minimum Gasteiger partial charge on any atom is -0.467 e. The third kappa shape index (κ3) is 3.52. The second-order valence-electron chi connectivity index (χ2n) is 5.59. The highest BCUT2D eigenvalue weighted by Crippen LogP contribution is 2.21. The van der Waals surface area contributed by atoms with Gasteiger partial charge in [-0.25, -0.2) is 9.18 Å². The van der Waals surface area contributed by atoms with Crippen LogP contribution in [0.1, 0.15) is 21.8 Å². The summed E-state index contributed by atoms with van der Waals surface area (Å²) in [5.74, 6) is -1.52. The van der Waals surface area contributed by atoms with Crippen molar-refractivity contribution in [3.63, 3.8) is 0 Å². The van der Waals surface area contributed by atoms with Gasteiger partial charge in [-0.3, -0.25) is 4.79 Å². The fourth-order valence-corrected chi connectivity index (χ4v) is 2.58. The van der Waals surface area contributed by atoms with E-state index < -0.39 is 17.9 Å². The fraction of sp³-hybridized carbons (Fsp3) is 0.235. The van der Waals surface area contributed by atoms with Crippen molar-refractivity contribution in [1.29, 1.82) is 0 Å². The summed E-state index contributed by atoms with van der Waals surface area (Å²) in [5, 5.41) is 6.98. The van der Waals surface area contributed by atoms with E-state index in [1.165, 1.54) is 25.3 Å². The molecule has 0 saturated heterocycles. The van der Waals surface area contributed by atoms with Crippen molar-refractivity contribution in [1.82, 2.24) is 15.5 Å². The smallest absolute Gasteiger partial charge is 0.328 e. The van der Waals surface area contributed by atoms with E-state index in [0.29, 0.717) is 11.2 Å². The zero-order valence-corrected chi connectivity index (χ0v) is 13.6. The number of fused-ring (bicyclic) bond motifs is 1. The number of benzene rings is 1. The van der Waals surface area contributed by atoms with Gasteiger partial charge in [0.2, 0.25) is 5.76 Å². The highest BCUT2D eigenvalue weighted by Gasteiger charge is 2.25. The maximum absolute atomic E-state index is 13.3. The Bertz CT molecular complexity index is 931. The van der Waals surface area contributed by atoms with Gasteiger partial charge in [-0.1, -0.05) is 5.16 Å².